The van der Waals surface area contributed by atoms with Gasteiger partial charge in [-0.15, -0.1) is 0 Å². The average Bonchev–Trinajstić information content (AvgIpc) is 1.54. The van der Waals surface area contributed by atoms with Gasteiger partial charge in [0.05, 0.1) is 47.1 Å². The largest absolute Gasteiger partial charge is 0.491 e. The van der Waals surface area contributed by atoms with E-state index in [2.05, 4.69) is 199 Å². The second-order valence-corrected chi connectivity index (χ2v) is 68.6. The van der Waals surface area contributed by atoms with Crippen LogP contribution in [0.5, 0.6) is 5.75 Å². The van der Waals surface area contributed by atoms with Crippen molar-refractivity contribution in [1.29, 1.82) is 0 Å². The zero-order valence-electron chi connectivity index (χ0n) is 68.6. The Hall–Kier alpha value is -2.02. The summed E-state index contributed by atoms with van der Waals surface area (Å²) in [5.74, 6) is 11.4. The zero-order chi connectivity index (χ0) is 73.4. The molecule has 0 amide bonds. The molecule has 0 aliphatic heterocycles. The first-order valence-electron chi connectivity index (χ1n) is 39.3. The highest BCUT2D eigenvalue weighted by atomic mass is 28.3. The Morgan fingerprint density at radius 3 is 1.26 bits per heavy atom. The Morgan fingerprint density at radius 1 is 0.448 bits per heavy atom. The highest BCUT2D eigenvalue weighted by molar-refractivity contribution is 6.77. The first-order chi connectivity index (χ1) is 43.7. The van der Waals surface area contributed by atoms with Crippen molar-refractivity contribution in [2.75, 3.05) is 0 Å². The van der Waals surface area contributed by atoms with E-state index in [9.17, 15) is 19.2 Å². The lowest BCUT2D eigenvalue weighted by Gasteiger charge is -2.43. The standard InChI is InChI=1S/C21H36O2Si.C17H30OSi.C16H30O2Si.C16H32O2Si.C12H26O2Si/c1-11(10-24(4,5)6)23-21(22)18-8-14-7-17(18)20-16-9-15(19(14)20)12(2)13(16)3;1-8-17(3,4)15-9-11-16(12-10-15)18-14(2)13-19(5,6)7;1-10(9-19(4,5)6)18-16(17)15-8-13-7-14(15)12(3)11(13)2;1-7-15(2,3)14(17)18-16(13-19(4,5)6)11-9-8-10-12-16;1-8-12(3,4)11(13)14-10(2)9-15(5,6)7/h11-20H,7-10H2,1-6H3;9-12,14H,8,13H2,1-7H3;10-15H,7-9H2,1-6H3;7-13H2,1-6H3;10H,8-9H2,1-7H3. The van der Waals surface area contributed by atoms with Crippen LogP contribution < -0.4 is 4.74 Å². The summed E-state index contributed by atoms with van der Waals surface area (Å²) in [6, 6.07) is 14.2. The maximum atomic E-state index is 12.9. The molecule has 7 aliphatic rings. The maximum absolute atomic E-state index is 12.9. The summed E-state index contributed by atoms with van der Waals surface area (Å²) in [6.07, 6.45) is 15.5. The fourth-order valence-electron chi connectivity index (χ4n) is 18.8. The molecular formula is C82H154O9Si5. The minimum atomic E-state index is -1.23. The van der Waals surface area contributed by atoms with Crippen molar-refractivity contribution in [3.63, 3.8) is 0 Å². The van der Waals surface area contributed by atoms with Crippen molar-refractivity contribution in [1.82, 2.24) is 0 Å². The minimum absolute atomic E-state index is 0.00940. The predicted molar refractivity (Wildman–Crippen MR) is 422 cm³/mol. The molecule has 0 radical (unpaired) electrons. The quantitative estimate of drug-likeness (QED) is 0.0432. The van der Waals surface area contributed by atoms with Crippen LogP contribution >= 0.6 is 0 Å². The lowest BCUT2D eigenvalue weighted by atomic mass is 9.62. The summed E-state index contributed by atoms with van der Waals surface area (Å²) < 4.78 is 29.3. The van der Waals surface area contributed by atoms with Crippen LogP contribution in [0.25, 0.3) is 0 Å². The molecule has 8 rings (SSSR count). The zero-order valence-corrected chi connectivity index (χ0v) is 73.6. The van der Waals surface area contributed by atoms with Gasteiger partial charge in [0.2, 0.25) is 0 Å². The van der Waals surface area contributed by atoms with E-state index in [0.717, 1.165) is 128 Å². The number of rotatable bonds is 24. The van der Waals surface area contributed by atoms with E-state index in [1.54, 1.807) is 0 Å². The molecule has 7 aliphatic carbocycles. The van der Waals surface area contributed by atoms with E-state index < -0.39 is 40.4 Å². The molecule has 9 nitrogen and oxygen atoms in total. The molecule has 0 saturated heterocycles. The number of benzene rings is 1. The Balaban J connectivity index is 0.000000258. The van der Waals surface area contributed by atoms with Crippen LogP contribution in [-0.4, -0.2) is 94.3 Å². The van der Waals surface area contributed by atoms with Crippen molar-refractivity contribution < 1.29 is 42.9 Å². The second kappa shape index (κ2) is 34.5. The van der Waals surface area contributed by atoms with Crippen LogP contribution in [-0.2, 0) is 43.5 Å². The van der Waals surface area contributed by atoms with Crippen molar-refractivity contribution in [3.05, 3.63) is 29.8 Å². The molecule has 1 aromatic carbocycles. The molecule has 18 unspecified atom stereocenters. The van der Waals surface area contributed by atoms with Gasteiger partial charge in [0, 0.05) is 40.4 Å². The molecule has 7 saturated carbocycles. The normalized spacial score (nSPS) is 29.5. The van der Waals surface area contributed by atoms with Crippen LogP contribution in [0.2, 0.25) is 128 Å². The van der Waals surface area contributed by atoms with Crippen molar-refractivity contribution in [2.45, 2.75) is 365 Å². The van der Waals surface area contributed by atoms with Gasteiger partial charge in [0.1, 0.15) is 11.4 Å². The Labute approximate surface area is 597 Å². The highest BCUT2D eigenvalue weighted by Gasteiger charge is 2.67. The molecule has 1 aromatic rings. The van der Waals surface area contributed by atoms with Crippen LogP contribution in [0.4, 0.5) is 0 Å². The van der Waals surface area contributed by atoms with Gasteiger partial charge < -0.3 is 23.7 Å². The lowest BCUT2D eigenvalue weighted by Crippen LogP contribution is -2.45. The van der Waals surface area contributed by atoms with Crippen LogP contribution in [0.3, 0.4) is 0 Å². The number of carbonyl (C=O) groups excluding carboxylic acids is 4. The van der Waals surface area contributed by atoms with E-state index in [4.69, 9.17) is 23.7 Å². The smallest absolute Gasteiger partial charge is 0.312 e. The van der Waals surface area contributed by atoms with Gasteiger partial charge in [0.15, 0.2) is 0 Å². The summed E-state index contributed by atoms with van der Waals surface area (Å²) in [5.41, 5.74) is 0.812. The third kappa shape index (κ3) is 25.7. The SMILES string of the molecule is CC(C[Si](C)(C)C)OC(=O)C1CC2CC1C(C)C2C.CC(C[Si](C)(C)C)OC(=O)C1CC2CC1C1C3CC(C(C)C3C)C21.CCC(C)(C)C(=O)OC(C)C[Si](C)(C)C.CCC(C)(C)C(=O)OC1(C[Si](C)(C)C)CCCCC1.CCC(C)(C)c1ccc(OC(C)C[Si](C)(C)C)cc1. The van der Waals surface area contributed by atoms with Gasteiger partial charge in [-0.25, -0.2) is 0 Å². The Bertz CT molecular complexity index is 2590. The van der Waals surface area contributed by atoms with Crippen LogP contribution in [0.15, 0.2) is 24.3 Å². The van der Waals surface area contributed by atoms with Gasteiger partial charge in [-0.2, -0.15) is 0 Å². The third-order valence-corrected chi connectivity index (χ3v) is 33.4. The first-order valence-corrected chi connectivity index (χ1v) is 57.8. The molecule has 0 N–H and O–H groups in total. The molecular weight excluding hydrogens is 1270 g/mol. The molecule has 96 heavy (non-hydrogen) atoms. The summed E-state index contributed by atoms with van der Waals surface area (Å²) >= 11 is 0. The fraction of sp³-hybridized carbons (Fsp3) is 0.878. The molecule has 7 fully saturated rings. The van der Waals surface area contributed by atoms with E-state index in [-0.39, 0.29) is 75.9 Å². The van der Waals surface area contributed by atoms with Crippen LogP contribution in [0, 0.1) is 93.7 Å². The van der Waals surface area contributed by atoms with Crippen molar-refractivity contribution in [3.8, 4) is 5.75 Å². The predicted octanol–water partition coefficient (Wildman–Crippen LogP) is 23.4. The number of fused-ring (bicyclic) bond motifs is 11. The van der Waals surface area contributed by atoms with Gasteiger partial charge in [-0.3, -0.25) is 19.2 Å². The van der Waals surface area contributed by atoms with Gasteiger partial charge in [0.25, 0.3) is 0 Å². The highest BCUT2D eigenvalue weighted by Crippen LogP contribution is 2.71. The number of hydrogen-bond donors (Lipinski definition) is 0. The van der Waals surface area contributed by atoms with Crippen molar-refractivity contribution >= 4 is 64.2 Å². The van der Waals surface area contributed by atoms with E-state index in [1.807, 2.05) is 41.5 Å². The molecule has 0 spiro atoms. The Kier molecular flexibility index (Phi) is 31.1. The molecule has 0 aromatic heterocycles. The lowest BCUT2D eigenvalue weighted by molar-refractivity contribution is -0.172. The van der Waals surface area contributed by atoms with E-state index in [1.165, 1.54) is 50.1 Å². The molecule has 0 heterocycles. The molecule has 14 heteroatoms. The summed E-state index contributed by atoms with van der Waals surface area (Å²) in [7, 11) is -5.72. The molecule has 18 atom stereocenters. The maximum Gasteiger partial charge on any atom is 0.312 e. The third-order valence-electron chi connectivity index (χ3n) is 24.5. The molecule has 556 valence electrons. The number of hydrogen-bond acceptors (Lipinski definition) is 9. The average molecular weight is 1420 g/mol. The number of esters is 4. The van der Waals surface area contributed by atoms with Gasteiger partial charge in [-0.05, 0) is 257 Å². The van der Waals surface area contributed by atoms with Crippen LogP contribution in [0.1, 0.15) is 207 Å². The van der Waals surface area contributed by atoms with Crippen molar-refractivity contribution in [2.24, 2.45) is 93.7 Å². The van der Waals surface area contributed by atoms with E-state index in [0.29, 0.717) is 23.9 Å². The molecule has 6 bridgehead atoms. The minimum Gasteiger partial charge on any atom is -0.491 e. The topological polar surface area (TPSA) is 114 Å². The first kappa shape index (κ1) is 86.4. The number of ether oxygens (including phenoxy) is 5. The summed E-state index contributed by atoms with van der Waals surface area (Å²) in [5, 5.41) is 0. The van der Waals surface area contributed by atoms with Gasteiger partial charge in [-0.1, -0.05) is 179 Å². The second-order valence-electron chi connectivity index (χ2n) is 41.0. The Morgan fingerprint density at radius 2 is 0.844 bits per heavy atom. The van der Waals surface area contributed by atoms with Gasteiger partial charge >= 0.3 is 23.9 Å². The van der Waals surface area contributed by atoms with E-state index >= 15 is 0 Å². The fourth-order valence-corrected chi connectivity index (χ4v) is 28.4. The monoisotopic (exact) mass is 1420 g/mol. The summed E-state index contributed by atoms with van der Waals surface area (Å²) in [6.45, 7) is 72.0. The number of carbonyl (C=O) groups is 4. The summed E-state index contributed by atoms with van der Waals surface area (Å²) in [4.78, 5) is 49.5.